The highest BCUT2D eigenvalue weighted by atomic mass is 32.2. The number of rotatable bonds is 5. The number of hydrogen-bond donors (Lipinski definition) is 2. The molecule has 1 saturated heterocycles. The van der Waals surface area contributed by atoms with E-state index in [-0.39, 0.29) is 11.8 Å². The summed E-state index contributed by atoms with van der Waals surface area (Å²) in [4.78, 5) is 22.2. The second-order valence-corrected chi connectivity index (χ2v) is 7.57. The van der Waals surface area contributed by atoms with Gasteiger partial charge in [0.05, 0.1) is 6.04 Å². The number of nitrogens with two attached hydrogens (primary N) is 1. The molecular formula is C19H24N4O2S. The third-order valence-corrected chi connectivity index (χ3v) is 5.24. The fraction of sp³-hybridized carbons (Fsp3) is 0.421. The number of anilines is 1. The number of carbonyl (C=O) groups excluding carboxylic acids is 1. The van der Waals surface area contributed by atoms with Crippen LogP contribution in [0.1, 0.15) is 24.2 Å². The Bertz CT molecular complexity index is 740. The maximum Gasteiger partial charge on any atom is 0.241 e. The van der Waals surface area contributed by atoms with Crippen molar-refractivity contribution in [3.8, 4) is 0 Å². The molecule has 1 atom stereocenters. The number of aryl methyl sites for hydroxylation is 2. The summed E-state index contributed by atoms with van der Waals surface area (Å²) in [6.07, 6.45) is 1.67. The molecule has 0 saturated carbocycles. The van der Waals surface area contributed by atoms with E-state index in [1.807, 2.05) is 44.2 Å². The summed E-state index contributed by atoms with van der Waals surface area (Å²) >= 11 is 1.50. The van der Waals surface area contributed by atoms with Crippen LogP contribution in [0.5, 0.6) is 0 Å². The van der Waals surface area contributed by atoms with E-state index < -0.39 is 6.04 Å². The molecule has 1 aliphatic rings. The average molecular weight is 372 g/mol. The largest absolute Gasteiger partial charge is 0.381 e. The fourth-order valence-electron chi connectivity index (χ4n) is 2.97. The maximum atomic E-state index is 12.4. The number of nitrogens with zero attached hydrogens (tertiary/aromatic N) is 2. The summed E-state index contributed by atoms with van der Waals surface area (Å²) in [5, 5.41) is 3.63. The Kier molecular flexibility index (Phi) is 6.24. The molecule has 1 unspecified atom stereocenters. The standard InChI is InChI=1S/C19H24N4O2S/c1-12-11-13(2)22-19(21-12)26-16-5-3-15(4-6-16)23-18(24)17(20)14-7-9-25-10-8-14/h3-6,11,14,17H,7-10,20H2,1-2H3,(H,23,24). The molecule has 2 heterocycles. The average Bonchev–Trinajstić information content (AvgIpc) is 2.62. The Balaban J connectivity index is 1.59. The molecule has 1 aromatic carbocycles. The Morgan fingerprint density at radius 3 is 2.42 bits per heavy atom. The fourth-order valence-corrected chi connectivity index (χ4v) is 3.83. The van der Waals surface area contributed by atoms with Crippen molar-refractivity contribution >= 4 is 23.4 Å². The van der Waals surface area contributed by atoms with Crippen LogP contribution in [0.4, 0.5) is 5.69 Å². The van der Waals surface area contributed by atoms with Gasteiger partial charge in [-0.05, 0) is 74.7 Å². The molecule has 3 rings (SSSR count). The van der Waals surface area contributed by atoms with Crippen LogP contribution in [0.2, 0.25) is 0 Å². The Labute approximate surface area is 157 Å². The molecule has 1 aromatic heterocycles. The number of amides is 1. The molecule has 1 fully saturated rings. The quantitative estimate of drug-likeness (QED) is 0.784. The number of nitrogens with one attached hydrogen (secondary N) is 1. The van der Waals surface area contributed by atoms with E-state index in [1.165, 1.54) is 11.8 Å². The van der Waals surface area contributed by atoms with E-state index >= 15 is 0 Å². The normalized spacial score (nSPS) is 16.3. The summed E-state index contributed by atoms with van der Waals surface area (Å²) in [6.45, 7) is 5.27. The van der Waals surface area contributed by atoms with Crippen LogP contribution in [-0.2, 0) is 9.53 Å². The summed E-state index contributed by atoms with van der Waals surface area (Å²) in [6, 6.07) is 9.09. The van der Waals surface area contributed by atoms with Gasteiger partial charge in [-0.3, -0.25) is 4.79 Å². The molecule has 2 aromatic rings. The van der Waals surface area contributed by atoms with Crippen LogP contribution in [0.25, 0.3) is 0 Å². The molecule has 138 valence electrons. The van der Waals surface area contributed by atoms with Gasteiger partial charge in [0.1, 0.15) is 0 Å². The molecule has 26 heavy (non-hydrogen) atoms. The number of carbonyl (C=O) groups is 1. The minimum Gasteiger partial charge on any atom is -0.381 e. The van der Waals surface area contributed by atoms with E-state index in [0.717, 1.165) is 40.0 Å². The van der Waals surface area contributed by atoms with Gasteiger partial charge in [0.15, 0.2) is 5.16 Å². The second-order valence-electron chi connectivity index (χ2n) is 6.52. The lowest BCUT2D eigenvalue weighted by Crippen LogP contribution is -2.43. The first-order chi connectivity index (χ1) is 12.5. The van der Waals surface area contributed by atoms with Crippen molar-refractivity contribution in [2.75, 3.05) is 18.5 Å². The van der Waals surface area contributed by atoms with Crippen molar-refractivity contribution in [1.29, 1.82) is 0 Å². The Hall–Kier alpha value is -1.96. The third-order valence-electron chi connectivity index (χ3n) is 4.37. The van der Waals surface area contributed by atoms with Crippen LogP contribution < -0.4 is 11.1 Å². The van der Waals surface area contributed by atoms with E-state index in [4.69, 9.17) is 10.5 Å². The van der Waals surface area contributed by atoms with Gasteiger partial charge >= 0.3 is 0 Å². The van der Waals surface area contributed by atoms with Gasteiger partial charge < -0.3 is 15.8 Å². The lowest BCUT2D eigenvalue weighted by molar-refractivity contribution is -0.119. The molecular weight excluding hydrogens is 348 g/mol. The lowest BCUT2D eigenvalue weighted by Gasteiger charge is -2.26. The molecule has 7 heteroatoms. The minimum atomic E-state index is -0.503. The van der Waals surface area contributed by atoms with Gasteiger partial charge in [-0.15, -0.1) is 0 Å². The second kappa shape index (κ2) is 8.62. The smallest absolute Gasteiger partial charge is 0.241 e. The van der Waals surface area contributed by atoms with Crippen molar-refractivity contribution in [3.05, 3.63) is 41.7 Å². The highest BCUT2D eigenvalue weighted by molar-refractivity contribution is 7.99. The van der Waals surface area contributed by atoms with Crippen molar-refractivity contribution in [2.24, 2.45) is 11.7 Å². The predicted molar refractivity (Wildman–Crippen MR) is 102 cm³/mol. The minimum absolute atomic E-state index is 0.144. The maximum absolute atomic E-state index is 12.4. The predicted octanol–water partition coefficient (Wildman–Crippen LogP) is 2.94. The first-order valence-corrected chi connectivity index (χ1v) is 9.57. The monoisotopic (exact) mass is 372 g/mol. The van der Waals surface area contributed by atoms with Crippen LogP contribution in [0.3, 0.4) is 0 Å². The van der Waals surface area contributed by atoms with Gasteiger partial charge in [0.25, 0.3) is 0 Å². The van der Waals surface area contributed by atoms with Gasteiger partial charge in [-0.25, -0.2) is 9.97 Å². The highest BCUT2D eigenvalue weighted by Crippen LogP contribution is 2.26. The van der Waals surface area contributed by atoms with Crippen molar-refractivity contribution in [1.82, 2.24) is 9.97 Å². The van der Waals surface area contributed by atoms with Crippen LogP contribution in [0.15, 0.2) is 40.4 Å². The number of benzene rings is 1. The topological polar surface area (TPSA) is 90.1 Å². The molecule has 0 bridgehead atoms. The molecule has 0 spiro atoms. The Morgan fingerprint density at radius 1 is 1.19 bits per heavy atom. The zero-order valence-electron chi connectivity index (χ0n) is 15.1. The summed E-state index contributed by atoms with van der Waals surface area (Å²) in [7, 11) is 0. The number of hydrogen-bond acceptors (Lipinski definition) is 6. The molecule has 1 amide bonds. The van der Waals surface area contributed by atoms with Gasteiger partial charge in [0, 0.05) is 35.2 Å². The summed E-state index contributed by atoms with van der Waals surface area (Å²) < 4.78 is 5.32. The van der Waals surface area contributed by atoms with E-state index in [9.17, 15) is 4.79 Å². The van der Waals surface area contributed by atoms with Crippen LogP contribution >= 0.6 is 11.8 Å². The van der Waals surface area contributed by atoms with E-state index in [2.05, 4.69) is 15.3 Å². The highest BCUT2D eigenvalue weighted by Gasteiger charge is 2.26. The van der Waals surface area contributed by atoms with Gasteiger partial charge in [-0.2, -0.15) is 0 Å². The SMILES string of the molecule is Cc1cc(C)nc(Sc2ccc(NC(=O)C(N)C3CCOCC3)cc2)n1. The van der Waals surface area contributed by atoms with Crippen LogP contribution in [0, 0.1) is 19.8 Å². The molecule has 6 nitrogen and oxygen atoms in total. The zero-order valence-corrected chi connectivity index (χ0v) is 15.9. The van der Waals surface area contributed by atoms with E-state index in [1.54, 1.807) is 0 Å². The van der Waals surface area contributed by atoms with Crippen molar-refractivity contribution in [3.63, 3.8) is 0 Å². The van der Waals surface area contributed by atoms with Crippen LogP contribution in [-0.4, -0.2) is 35.1 Å². The lowest BCUT2D eigenvalue weighted by atomic mass is 9.92. The molecule has 0 radical (unpaired) electrons. The van der Waals surface area contributed by atoms with Crippen molar-refractivity contribution < 1.29 is 9.53 Å². The first kappa shape index (κ1) is 18.8. The van der Waals surface area contributed by atoms with E-state index in [0.29, 0.717) is 13.2 Å². The van der Waals surface area contributed by atoms with Gasteiger partial charge in [-0.1, -0.05) is 0 Å². The summed E-state index contributed by atoms with van der Waals surface area (Å²) in [5.41, 5.74) is 8.75. The zero-order chi connectivity index (χ0) is 18.5. The number of aromatic nitrogens is 2. The molecule has 0 aliphatic carbocycles. The third kappa shape index (κ3) is 5.03. The van der Waals surface area contributed by atoms with Crippen molar-refractivity contribution in [2.45, 2.75) is 42.8 Å². The summed E-state index contributed by atoms with van der Waals surface area (Å²) in [5.74, 6) is 0.0373. The van der Waals surface area contributed by atoms with Gasteiger partial charge in [0.2, 0.25) is 5.91 Å². The molecule has 1 aliphatic heterocycles. The number of ether oxygens (including phenoxy) is 1. The Morgan fingerprint density at radius 2 is 1.81 bits per heavy atom. The molecule has 3 N–H and O–H groups in total. The first-order valence-electron chi connectivity index (χ1n) is 8.75.